The topological polar surface area (TPSA) is 60.7 Å². The maximum Gasteiger partial charge on any atom is 0.331 e. The van der Waals surface area contributed by atoms with Gasteiger partial charge in [0.15, 0.2) is 5.78 Å². The molecule has 0 fully saturated rings. The van der Waals surface area contributed by atoms with Crippen LogP contribution in [0.2, 0.25) is 0 Å². The molecule has 0 saturated heterocycles. The number of fused-ring (bicyclic) bond motifs is 3. The molecule has 0 radical (unpaired) electrons. The molecule has 2 aliphatic carbocycles. The lowest BCUT2D eigenvalue weighted by molar-refractivity contribution is -0.141. The molecule has 1 atom stereocenters. The average Bonchev–Trinajstić information content (AvgIpc) is 3.18. The van der Waals surface area contributed by atoms with Crippen molar-refractivity contribution in [1.82, 2.24) is 4.57 Å². The highest BCUT2D eigenvalue weighted by atomic mass is 32.1. The summed E-state index contributed by atoms with van der Waals surface area (Å²) in [7, 11) is 0. The largest absolute Gasteiger partial charge is 0.341 e. The van der Waals surface area contributed by atoms with Crippen LogP contribution in [-0.2, 0) is 21.0 Å². The summed E-state index contributed by atoms with van der Waals surface area (Å²) in [5.41, 5.74) is 4.50. The Morgan fingerprint density at radius 2 is 2.08 bits per heavy atom. The highest BCUT2D eigenvalue weighted by Crippen LogP contribution is 2.28. The maximum absolute atomic E-state index is 13.5. The molecule has 2 aromatic rings. The number of rotatable bonds is 8. The van der Waals surface area contributed by atoms with Gasteiger partial charge in [0, 0.05) is 52.8 Å². The number of hydrogen-bond acceptors (Lipinski definition) is 5. The van der Waals surface area contributed by atoms with Gasteiger partial charge in [-0.3, -0.25) is 4.79 Å². The zero-order valence-corrected chi connectivity index (χ0v) is 23.3. The van der Waals surface area contributed by atoms with E-state index in [0.717, 1.165) is 57.6 Å². The van der Waals surface area contributed by atoms with E-state index in [0.29, 0.717) is 18.6 Å². The molecule has 0 bridgehead atoms. The minimum absolute atomic E-state index is 0.169. The quantitative estimate of drug-likeness (QED) is 0.215. The number of ketones is 1. The molecule has 5 nitrogen and oxygen atoms in total. The molecular formula is C31H36N2O3S. The zero-order valence-electron chi connectivity index (χ0n) is 22.4. The average molecular weight is 517 g/mol. The number of benzene rings is 1. The fourth-order valence-electron chi connectivity index (χ4n) is 5.33. The molecule has 1 aromatic carbocycles. The first-order valence-corrected chi connectivity index (χ1v) is 13.5. The lowest BCUT2D eigenvalue weighted by Crippen LogP contribution is -2.34. The summed E-state index contributed by atoms with van der Waals surface area (Å²) >= 11 is 4.24. The van der Waals surface area contributed by atoms with Crippen molar-refractivity contribution in [2.24, 2.45) is 16.5 Å². The van der Waals surface area contributed by atoms with E-state index in [-0.39, 0.29) is 17.1 Å². The van der Waals surface area contributed by atoms with Crippen LogP contribution in [0.1, 0.15) is 65.9 Å². The third kappa shape index (κ3) is 5.74. The highest BCUT2D eigenvalue weighted by Gasteiger charge is 2.25. The SMILES string of the molecule is CCn1c2c(c3cc(/C(CC(C)(C)/C=C\S)=N/OC(C)=O)ccc31)=CC(C(=O)C1=C(C)C=CCC1)CC=2. The Morgan fingerprint density at radius 3 is 2.76 bits per heavy atom. The van der Waals surface area contributed by atoms with E-state index in [4.69, 9.17) is 4.84 Å². The van der Waals surface area contributed by atoms with Crippen molar-refractivity contribution in [3.05, 3.63) is 69.1 Å². The van der Waals surface area contributed by atoms with Crippen molar-refractivity contribution in [1.29, 1.82) is 0 Å². The summed E-state index contributed by atoms with van der Waals surface area (Å²) in [6, 6.07) is 6.26. The number of nitrogens with zero attached hydrogens (tertiary/aromatic N) is 2. The predicted octanol–water partition coefficient (Wildman–Crippen LogP) is 5.60. The molecule has 0 amide bonds. The molecule has 6 heteroatoms. The van der Waals surface area contributed by atoms with Gasteiger partial charge in [-0.25, -0.2) is 4.79 Å². The predicted molar refractivity (Wildman–Crippen MR) is 155 cm³/mol. The molecule has 0 N–H and O–H groups in total. The van der Waals surface area contributed by atoms with Gasteiger partial charge in [0.25, 0.3) is 0 Å². The Kier molecular flexibility index (Phi) is 8.08. The van der Waals surface area contributed by atoms with E-state index in [1.807, 2.05) is 19.1 Å². The number of carbonyl (C=O) groups excluding carboxylic acids is 2. The Labute approximate surface area is 224 Å². The van der Waals surface area contributed by atoms with Gasteiger partial charge >= 0.3 is 5.97 Å². The van der Waals surface area contributed by atoms with Gasteiger partial charge in [-0.15, -0.1) is 0 Å². The van der Waals surface area contributed by atoms with Gasteiger partial charge < -0.3 is 9.40 Å². The van der Waals surface area contributed by atoms with E-state index in [2.05, 4.69) is 79.6 Å². The second-order valence-electron chi connectivity index (χ2n) is 10.6. The van der Waals surface area contributed by atoms with Crippen molar-refractivity contribution in [3.8, 4) is 0 Å². The number of aromatic nitrogens is 1. The molecule has 0 aliphatic heterocycles. The highest BCUT2D eigenvalue weighted by molar-refractivity contribution is 7.83. The summed E-state index contributed by atoms with van der Waals surface area (Å²) in [4.78, 5) is 30.2. The first-order valence-electron chi connectivity index (χ1n) is 13.0. The summed E-state index contributed by atoms with van der Waals surface area (Å²) in [6.45, 7) is 10.5. The standard InChI is InChI=1S/C31H36N2O3S/c1-6-33-28-13-11-22(27(32-36-21(3)34)19-31(4,5)15-16-37)17-25(28)26-18-23(12-14-29(26)33)30(35)24-10-8-7-9-20(24)2/h7,9,11,13-18,23,37H,6,8,10,12,19H2,1-5H3/b16-15-,32-27+. The van der Waals surface area contributed by atoms with Crippen molar-refractivity contribution < 1.29 is 14.4 Å². The van der Waals surface area contributed by atoms with Crippen molar-refractivity contribution in [2.45, 2.75) is 66.8 Å². The van der Waals surface area contributed by atoms with E-state index in [9.17, 15) is 9.59 Å². The molecule has 0 saturated carbocycles. The van der Waals surface area contributed by atoms with Gasteiger partial charge in [-0.05, 0) is 67.2 Å². The van der Waals surface area contributed by atoms with Crippen LogP contribution in [0.15, 0.2) is 58.1 Å². The monoisotopic (exact) mass is 516 g/mol. The number of hydrogen-bond donors (Lipinski definition) is 1. The molecule has 0 spiro atoms. The fraction of sp³-hybridized carbons (Fsp3) is 0.387. The first kappa shape index (κ1) is 26.9. The van der Waals surface area contributed by atoms with Gasteiger partial charge in [-0.2, -0.15) is 12.6 Å². The first-order chi connectivity index (χ1) is 17.6. The minimum atomic E-state index is -0.456. The summed E-state index contributed by atoms with van der Waals surface area (Å²) in [5, 5.41) is 9.29. The molecule has 37 heavy (non-hydrogen) atoms. The minimum Gasteiger partial charge on any atom is -0.341 e. The van der Waals surface area contributed by atoms with Gasteiger partial charge in [0.2, 0.25) is 0 Å². The fourth-order valence-corrected chi connectivity index (χ4v) is 5.74. The zero-order chi connectivity index (χ0) is 26.7. The van der Waals surface area contributed by atoms with Gasteiger partial charge in [0.1, 0.15) is 0 Å². The molecule has 1 heterocycles. The smallest absolute Gasteiger partial charge is 0.331 e. The molecule has 2 aliphatic rings. The van der Waals surface area contributed by atoms with E-state index in [1.165, 1.54) is 6.92 Å². The van der Waals surface area contributed by atoms with Crippen LogP contribution < -0.4 is 10.6 Å². The Balaban J connectivity index is 1.85. The summed E-state index contributed by atoms with van der Waals surface area (Å²) < 4.78 is 2.30. The maximum atomic E-state index is 13.5. The Morgan fingerprint density at radius 1 is 1.30 bits per heavy atom. The lowest BCUT2D eigenvalue weighted by Gasteiger charge is -2.21. The van der Waals surface area contributed by atoms with E-state index >= 15 is 0 Å². The second-order valence-corrected chi connectivity index (χ2v) is 10.9. The van der Waals surface area contributed by atoms with Crippen LogP contribution >= 0.6 is 12.6 Å². The van der Waals surface area contributed by atoms with Gasteiger partial charge in [0.05, 0.1) is 5.71 Å². The Hall–Kier alpha value is -3.12. The number of thiol groups is 1. The number of aryl methyl sites for hydroxylation is 1. The van der Waals surface area contributed by atoms with Crippen LogP contribution in [0.5, 0.6) is 0 Å². The summed E-state index contributed by atoms with van der Waals surface area (Å²) in [6.07, 6.45) is 13.6. The Bertz CT molecular complexity index is 1480. The molecule has 1 unspecified atom stereocenters. The number of allylic oxidation sites excluding steroid dienone is 5. The van der Waals surface area contributed by atoms with Crippen LogP contribution in [0, 0.1) is 11.3 Å². The number of oxime groups is 1. The third-order valence-corrected chi connectivity index (χ3v) is 7.35. The third-order valence-electron chi connectivity index (χ3n) is 7.20. The van der Waals surface area contributed by atoms with Crippen LogP contribution in [0.3, 0.4) is 0 Å². The normalized spacial score (nSPS) is 18.1. The molecule has 1 aromatic heterocycles. The molecule has 4 rings (SSSR count). The van der Waals surface area contributed by atoms with Crippen LogP contribution in [0.4, 0.5) is 0 Å². The summed E-state index contributed by atoms with van der Waals surface area (Å²) in [5.74, 6) is -0.395. The molecule has 194 valence electrons. The van der Waals surface area contributed by atoms with Crippen LogP contribution in [0.25, 0.3) is 23.1 Å². The van der Waals surface area contributed by atoms with Crippen LogP contribution in [-0.4, -0.2) is 22.0 Å². The number of carbonyl (C=O) groups is 2. The second kappa shape index (κ2) is 11.1. The number of Topliss-reactive ketones (excluding diaryl/α,β-unsaturated/α-hetero) is 1. The van der Waals surface area contributed by atoms with Crippen molar-refractivity contribution in [2.75, 3.05) is 0 Å². The van der Waals surface area contributed by atoms with Crippen molar-refractivity contribution in [3.63, 3.8) is 0 Å². The van der Waals surface area contributed by atoms with E-state index < -0.39 is 5.97 Å². The van der Waals surface area contributed by atoms with Crippen molar-refractivity contribution >= 4 is 53.1 Å². The van der Waals surface area contributed by atoms with E-state index in [1.54, 1.807) is 5.41 Å². The lowest BCUT2D eigenvalue weighted by atomic mass is 9.84. The molecular weight excluding hydrogens is 480 g/mol. The van der Waals surface area contributed by atoms with Gasteiger partial charge in [-0.1, -0.05) is 55.4 Å².